The van der Waals surface area contributed by atoms with Crippen LogP contribution in [0.25, 0.3) is 33.1 Å². The highest BCUT2D eigenvalue weighted by molar-refractivity contribution is 6.10. The fraction of sp³-hybridized carbons (Fsp3) is 0.100. The van der Waals surface area contributed by atoms with Crippen LogP contribution in [0.4, 0.5) is 10.5 Å². The molecular weight excluding hydrogens is 314 g/mol. The number of ether oxygens (including phenoxy) is 1. The highest BCUT2D eigenvalue weighted by Crippen LogP contribution is 2.31. The second-order valence-electron chi connectivity index (χ2n) is 5.68. The van der Waals surface area contributed by atoms with E-state index in [4.69, 9.17) is 4.74 Å². The quantitative estimate of drug-likeness (QED) is 0.558. The van der Waals surface area contributed by atoms with E-state index >= 15 is 0 Å². The molecule has 0 atom stereocenters. The molecule has 0 fully saturated rings. The van der Waals surface area contributed by atoms with Crippen LogP contribution in [-0.4, -0.2) is 22.7 Å². The molecule has 0 saturated heterocycles. The summed E-state index contributed by atoms with van der Waals surface area (Å²) in [5.41, 5.74) is 4.65. The number of H-pyrrole nitrogens is 1. The van der Waals surface area contributed by atoms with Crippen molar-refractivity contribution in [2.24, 2.45) is 0 Å². The van der Waals surface area contributed by atoms with Gasteiger partial charge < -0.3 is 9.72 Å². The van der Waals surface area contributed by atoms with Gasteiger partial charge in [-0.1, -0.05) is 30.3 Å². The number of carbonyl (C=O) groups is 1. The minimum atomic E-state index is -0.453. The zero-order chi connectivity index (χ0) is 17.2. The van der Waals surface area contributed by atoms with Gasteiger partial charge in [-0.25, -0.2) is 4.79 Å². The molecule has 0 spiro atoms. The molecule has 4 rings (SSSR count). The van der Waals surface area contributed by atoms with Crippen molar-refractivity contribution in [2.75, 3.05) is 11.9 Å². The molecule has 124 valence electrons. The molecule has 0 aliphatic heterocycles. The first-order chi connectivity index (χ1) is 12.3. The van der Waals surface area contributed by atoms with Crippen LogP contribution in [0.2, 0.25) is 0 Å². The first-order valence-electron chi connectivity index (χ1n) is 8.16. The Kier molecular flexibility index (Phi) is 3.82. The van der Waals surface area contributed by atoms with E-state index in [0.717, 1.165) is 27.7 Å². The number of pyridine rings is 1. The van der Waals surface area contributed by atoms with Crippen LogP contribution >= 0.6 is 0 Å². The largest absolute Gasteiger partial charge is 0.450 e. The van der Waals surface area contributed by atoms with Crippen molar-refractivity contribution < 1.29 is 9.53 Å². The van der Waals surface area contributed by atoms with Crippen LogP contribution in [0.5, 0.6) is 0 Å². The van der Waals surface area contributed by atoms with Gasteiger partial charge in [0.25, 0.3) is 0 Å². The SMILES string of the molecule is CCOC(=O)Nc1ccc(-c2nccc3c2[nH]c2ccccc23)cc1. The maximum absolute atomic E-state index is 11.5. The van der Waals surface area contributed by atoms with E-state index in [1.54, 1.807) is 6.92 Å². The van der Waals surface area contributed by atoms with Gasteiger partial charge in [-0.15, -0.1) is 0 Å². The van der Waals surface area contributed by atoms with Gasteiger partial charge in [0.1, 0.15) is 0 Å². The van der Waals surface area contributed by atoms with Crippen LogP contribution in [0, 0.1) is 0 Å². The fourth-order valence-electron chi connectivity index (χ4n) is 2.99. The minimum Gasteiger partial charge on any atom is -0.450 e. The van der Waals surface area contributed by atoms with Crippen molar-refractivity contribution in [1.82, 2.24) is 9.97 Å². The fourth-order valence-corrected chi connectivity index (χ4v) is 2.99. The van der Waals surface area contributed by atoms with Crippen molar-refractivity contribution >= 4 is 33.6 Å². The van der Waals surface area contributed by atoms with Gasteiger partial charge in [0.2, 0.25) is 0 Å². The van der Waals surface area contributed by atoms with Crippen LogP contribution in [0.1, 0.15) is 6.92 Å². The topological polar surface area (TPSA) is 67.0 Å². The zero-order valence-electron chi connectivity index (χ0n) is 13.7. The molecule has 0 unspecified atom stereocenters. The molecule has 5 heteroatoms. The Balaban J connectivity index is 1.73. The number of aromatic amines is 1. The average Bonchev–Trinajstić information content (AvgIpc) is 3.01. The van der Waals surface area contributed by atoms with E-state index < -0.39 is 6.09 Å². The van der Waals surface area contributed by atoms with Gasteiger partial charge in [-0.05, 0) is 31.2 Å². The van der Waals surface area contributed by atoms with Crippen molar-refractivity contribution in [3.05, 3.63) is 60.8 Å². The average molecular weight is 331 g/mol. The first kappa shape index (κ1) is 15.2. The lowest BCUT2D eigenvalue weighted by molar-refractivity contribution is 0.168. The number of hydrogen-bond donors (Lipinski definition) is 2. The number of para-hydroxylation sites is 1. The van der Waals surface area contributed by atoms with Crippen molar-refractivity contribution in [3.8, 4) is 11.3 Å². The van der Waals surface area contributed by atoms with E-state index in [2.05, 4.69) is 27.4 Å². The lowest BCUT2D eigenvalue weighted by Gasteiger charge is -2.07. The van der Waals surface area contributed by atoms with E-state index in [1.165, 1.54) is 5.39 Å². The smallest absolute Gasteiger partial charge is 0.411 e. The monoisotopic (exact) mass is 331 g/mol. The summed E-state index contributed by atoms with van der Waals surface area (Å²) >= 11 is 0. The number of carbonyl (C=O) groups excluding carboxylic acids is 1. The molecule has 0 bridgehead atoms. The second kappa shape index (κ2) is 6.28. The van der Waals surface area contributed by atoms with Gasteiger partial charge in [0, 0.05) is 33.7 Å². The Bertz CT molecular complexity index is 1050. The normalized spacial score (nSPS) is 10.9. The number of benzene rings is 2. The molecule has 2 aromatic heterocycles. The van der Waals surface area contributed by atoms with Crippen molar-refractivity contribution in [3.63, 3.8) is 0 Å². The molecule has 1 amide bonds. The van der Waals surface area contributed by atoms with E-state index in [-0.39, 0.29) is 0 Å². The summed E-state index contributed by atoms with van der Waals surface area (Å²) < 4.78 is 4.88. The lowest BCUT2D eigenvalue weighted by atomic mass is 10.1. The molecule has 0 saturated carbocycles. The first-order valence-corrected chi connectivity index (χ1v) is 8.16. The number of anilines is 1. The van der Waals surface area contributed by atoms with E-state index in [0.29, 0.717) is 12.3 Å². The predicted octanol–water partition coefficient (Wildman–Crippen LogP) is 4.95. The second-order valence-corrected chi connectivity index (χ2v) is 5.68. The summed E-state index contributed by atoms with van der Waals surface area (Å²) in [6, 6.07) is 17.8. The molecule has 25 heavy (non-hydrogen) atoms. The number of aromatic nitrogens is 2. The highest BCUT2D eigenvalue weighted by atomic mass is 16.5. The predicted molar refractivity (Wildman–Crippen MR) is 99.7 cm³/mol. The third kappa shape index (κ3) is 2.80. The number of fused-ring (bicyclic) bond motifs is 3. The molecule has 2 N–H and O–H groups in total. The number of nitrogens with zero attached hydrogens (tertiary/aromatic N) is 1. The Morgan fingerprint density at radius 3 is 2.68 bits per heavy atom. The number of nitrogens with one attached hydrogen (secondary N) is 2. The van der Waals surface area contributed by atoms with Gasteiger partial charge in [-0.2, -0.15) is 0 Å². The summed E-state index contributed by atoms with van der Waals surface area (Å²) in [4.78, 5) is 19.5. The molecule has 0 aliphatic carbocycles. The highest BCUT2D eigenvalue weighted by Gasteiger charge is 2.11. The van der Waals surface area contributed by atoms with Gasteiger partial charge in [-0.3, -0.25) is 10.3 Å². The van der Waals surface area contributed by atoms with Crippen LogP contribution in [0.15, 0.2) is 60.8 Å². The summed E-state index contributed by atoms with van der Waals surface area (Å²) in [5.74, 6) is 0. The zero-order valence-corrected chi connectivity index (χ0v) is 13.7. The Morgan fingerprint density at radius 1 is 1.08 bits per heavy atom. The summed E-state index contributed by atoms with van der Waals surface area (Å²) in [6.07, 6.45) is 1.37. The Hall–Kier alpha value is -3.34. The summed E-state index contributed by atoms with van der Waals surface area (Å²) in [5, 5.41) is 5.02. The molecule has 5 nitrogen and oxygen atoms in total. The number of amides is 1. The van der Waals surface area contributed by atoms with Crippen molar-refractivity contribution in [1.29, 1.82) is 0 Å². The van der Waals surface area contributed by atoms with Crippen LogP contribution < -0.4 is 5.32 Å². The maximum atomic E-state index is 11.5. The molecule has 2 aromatic carbocycles. The van der Waals surface area contributed by atoms with Gasteiger partial charge in [0.15, 0.2) is 0 Å². The van der Waals surface area contributed by atoms with Crippen LogP contribution in [-0.2, 0) is 4.74 Å². The number of hydrogen-bond acceptors (Lipinski definition) is 3. The van der Waals surface area contributed by atoms with Crippen LogP contribution in [0.3, 0.4) is 0 Å². The molecule has 2 heterocycles. The Morgan fingerprint density at radius 2 is 1.88 bits per heavy atom. The van der Waals surface area contributed by atoms with E-state index in [1.807, 2.05) is 48.7 Å². The molecule has 0 aliphatic rings. The summed E-state index contributed by atoms with van der Waals surface area (Å²) in [6.45, 7) is 2.12. The standard InChI is InChI=1S/C20H17N3O2/c1-2-25-20(24)22-14-9-7-13(8-10-14)18-19-16(11-12-21-18)15-5-3-4-6-17(15)23-19/h3-12,23H,2H2,1H3,(H,22,24). The lowest BCUT2D eigenvalue weighted by Crippen LogP contribution is -2.13. The summed E-state index contributed by atoms with van der Waals surface area (Å²) in [7, 11) is 0. The minimum absolute atomic E-state index is 0.343. The number of rotatable bonds is 3. The van der Waals surface area contributed by atoms with Gasteiger partial charge >= 0.3 is 6.09 Å². The molecule has 4 aromatic rings. The Labute approximate surface area is 144 Å². The van der Waals surface area contributed by atoms with Crippen molar-refractivity contribution in [2.45, 2.75) is 6.92 Å². The molecule has 0 radical (unpaired) electrons. The van der Waals surface area contributed by atoms with E-state index in [9.17, 15) is 4.79 Å². The third-order valence-corrected chi connectivity index (χ3v) is 4.11. The maximum Gasteiger partial charge on any atom is 0.411 e. The van der Waals surface area contributed by atoms with Gasteiger partial charge in [0.05, 0.1) is 17.8 Å². The third-order valence-electron chi connectivity index (χ3n) is 4.11. The molecular formula is C20H17N3O2.